The summed E-state index contributed by atoms with van der Waals surface area (Å²) in [6.45, 7) is 0. The van der Waals surface area contributed by atoms with E-state index in [1.165, 1.54) is 10.6 Å². The second-order valence-corrected chi connectivity index (χ2v) is 6.13. The first-order valence-electron chi connectivity index (χ1n) is 6.46. The molecule has 0 saturated heterocycles. The van der Waals surface area contributed by atoms with Crippen molar-refractivity contribution in [1.82, 2.24) is 4.98 Å². The Hall–Kier alpha value is -2.31. The van der Waals surface area contributed by atoms with Crippen LogP contribution in [-0.4, -0.2) is 4.98 Å². The molecule has 3 heteroatoms. The van der Waals surface area contributed by atoms with Crippen LogP contribution >= 0.6 is 7.71 Å². The number of nitrogens with zero attached hydrogens (tertiary/aromatic N) is 2. The highest BCUT2D eigenvalue weighted by Gasteiger charge is 2.20. The molecule has 0 spiro atoms. The van der Waals surface area contributed by atoms with Crippen molar-refractivity contribution in [3.63, 3.8) is 0 Å². The van der Waals surface area contributed by atoms with Gasteiger partial charge in [-0.25, -0.2) is 4.98 Å². The Kier molecular flexibility index (Phi) is 3.96. The van der Waals surface area contributed by atoms with Gasteiger partial charge in [0.15, 0.2) is 16.4 Å². The van der Waals surface area contributed by atoms with Gasteiger partial charge in [0.2, 0.25) is 0 Å². The van der Waals surface area contributed by atoms with E-state index in [1.54, 1.807) is 6.20 Å². The van der Waals surface area contributed by atoms with Gasteiger partial charge in [0.1, 0.15) is 0 Å². The largest absolute Gasteiger partial charge is 0.284 e. The highest BCUT2D eigenvalue weighted by Crippen LogP contribution is 2.28. The molecule has 0 aliphatic carbocycles. The summed E-state index contributed by atoms with van der Waals surface area (Å²) in [4.78, 5) is 4.32. The first-order chi connectivity index (χ1) is 9.93. The van der Waals surface area contributed by atoms with Crippen LogP contribution in [0.3, 0.4) is 0 Å². The van der Waals surface area contributed by atoms with Gasteiger partial charge in [-0.1, -0.05) is 42.5 Å². The fourth-order valence-corrected chi connectivity index (χ4v) is 3.68. The summed E-state index contributed by atoms with van der Waals surface area (Å²) in [5, 5.41) is 2.47. The lowest BCUT2D eigenvalue weighted by Gasteiger charge is -1.95. The van der Waals surface area contributed by atoms with Gasteiger partial charge in [0.25, 0.3) is 7.71 Å². The molecule has 20 heavy (non-hydrogen) atoms. The lowest BCUT2D eigenvalue weighted by Crippen LogP contribution is -2.05. The van der Waals surface area contributed by atoms with Crippen LogP contribution < -0.4 is 10.6 Å². The fourth-order valence-electron chi connectivity index (χ4n) is 1.92. The molecule has 3 rings (SSSR count). The predicted molar refractivity (Wildman–Crippen MR) is 85.4 cm³/mol. The molecule has 0 atom stereocenters. The molecule has 1 aromatic heterocycles. The Morgan fingerprint density at radius 3 is 1.70 bits per heavy atom. The molecule has 0 aliphatic rings. The lowest BCUT2D eigenvalue weighted by molar-refractivity contribution is 1.29. The quantitative estimate of drug-likeness (QED) is 0.663. The van der Waals surface area contributed by atoms with Crippen molar-refractivity contribution in [3.8, 4) is 0 Å². The summed E-state index contributed by atoms with van der Waals surface area (Å²) in [5.41, 5.74) is 0. The van der Waals surface area contributed by atoms with Crippen molar-refractivity contribution < 1.29 is 0 Å². The minimum absolute atomic E-state index is 0.765. The summed E-state index contributed by atoms with van der Waals surface area (Å²) in [6, 6.07) is 26.6. The molecule has 2 aromatic carbocycles. The standard InChI is InChI=1S/C17H14N2P/c1-3-9-15(10-4-1)20(16-11-5-2-6-12-16)19-17-13-7-8-14-18-17/h1-14H/q+1. The van der Waals surface area contributed by atoms with Crippen LogP contribution in [0.25, 0.3) is 0 Å². The molecule has 0 unspecified atom stereocenters. The molecule has 0 saturated carbocycles. The molecule has 0 amide bonds. The predicted octanol–water partition coefficient (Wildman–Crippen LogP) is 4.03. The summed E-state index contributed by atoms with van der Waals surface area (Å²) in [5.74, 6) is 0.784. The Balaban J connectivity index is 2.12. The highest BCUT2D eigenvalue weighted by atomic mass is 31.1. The van der Waals surface area contributed by atoms with E-state index in [0.29, 0.717) is 0 Å². The fraction of sp³-hybridized carbons (Fsp3) is 0. The third-order valence-corrected chi connectivity index (χ3v) is 4.83. The maximum absolute atomic E-state index is 4.85. The molecule has 0 aliphatic heterocycles. The van der Waals surface area contributed by atoms with Crippen molar-refractivity contribution in [2.24, 2.45) is 4.74 Å². The van der Waals surface area contributed by atoms with E-state index in [1.807, 2.05) is 30.3 Å². The number of aromatic nitrogens is 1. The Morgan fingerprint density at radius 1 is 0.650 bits per heavy atom. The number of rotatable bonds is 3. The van der Waals surface area contributed by atoms with E-state index in [0.717, 1.165) is 5.82 Å². The normalized spacial score (nSPS) is 10.0. The number of hydrogen-bond acceptors (Lipinski definition) is 2. The molecule has 96 valence electrons. The maximum Gasteiger partial charge on any atom is 0.284 e. The number of hydrogen-bond donors (Lipinski definition) is 0. The van der Waals surface area contributed by atoms with Gasteiger partial charge in [-0.2, -0.15) is 0 Å². The van der Waals surface area contributed by atoms with E-state index in [9.17, 15) is 0 Å². The zero-order valence-electron chi connectivity index (χ0n) is 10.9. The van der Waals surface area contributed by atoms with E-state index < -0.39 is 7.71 Å². The average Bonchev–Trinajstić information content (AvgIpc) is 2.55. The van der Waals surface area contributed by atoms with Gasteiger partial charge in [-0.05, 0) is 41.1 Å². The molecule has 0 N–H and O–H groups in total. The summed E-state index contributed by atoms with van der Waals surface area (Å²) < 4.78 is 4.85. The van der Waals surface area contributed by atoms with Crippen molar-refractivity contribution in [1.29, 1.82) is 0 Å². The SMILES string of the molecule is c1ccc([P+](=Nc2ccccn2)c2ccccc2)cc1. The molecular weight excluding hydrogens is 263 g/mol. The maximum atomic E-state index is 4.85. The first kappa shape index (κ1) is 12.7. The van der Waals surface area contributed by atoms with Crippen molar-refractivity contribution >= 4 is 24.1 Å². The van der Waals surface area contributed by atoms with Crippen LogP contribution in [0.1, 0.15) is 0 Å². The van der Waals surface area contributed by atoms with Crippen molar-refractivity contribution in [2.45, 2.75) is 0 Å². The van der Waals surface area contributed by atoms with E-state index >= 15 is 0 Å². The minimum Gasteiger partial charge on any atom is -0.234 e. The molecular formula is C17H14N2P+. The first-order valence-corrected chi connectivity index (χ1v) is 7.76. The average molecular weight is 277 g/mol. The second kappa shape index (κ2) is 6.23. The van der Waals surface area contributed by atoms with Crippen LogP contribution in [0.4, 0.5) is 5.82 Å². The zero-order valence-corrected chi connectivity index (χ0v) is 11.8. The molecule has 0 fully saturated rings. The van der Waals surface area contributed by atoms with Gasteiger partial charge in [0.05, 0.1) is 0 Å². The zero-order chi connectivity index (χ0) is 13.6. The van der Waals surface area contributed by atoms with Crippen LogP contribution in [0.5, 0.6) is 0 Å². The van der Waals surface area contributed by atoms with Crippen molar-refractivity contribution in [3.05, 3.63) is 85.1 Å². The van der Waals surface area contributed by atoms with Gasteiger partial charge in [-0.3, -0.25) is 0 Å². The summed E-state index contributed by atoms with van der Waals surface area (Å²) >= 11 is 0. The minimum atomic E-state index is -0.765. The second-order valence-electron chi connectivity index (χ2n) is 4.27. The topological polar surface area (TPSA) is 25.2 Å². The van der Waals surface area contributed by atoms with Gasteiger partial charge in [0, 0.05) is 6.20 Å². The van der Waals surface area contributed by atoms with Crippen molar-refractivity contribution in [2.75, 3.05) is 0 Å². The molecule has 0 bridgehead atoms. The number of pyridine rings is 1. The van der Waals surface area contributed by atoms with Crippen LogP contribution in [0.15, 0.2) is 89.8 Å². The Labute approximate surface area is 119 Å². The molecule has 3 aromatic rings. The summed E-state index contributed by atoms with van der Waals surface area (Å²) in [7, 11) is -0.765. The lowest BCUT2D eigenvalue weighted by atomic mass is 10.4. The smallest absolute Gasteiger partial charge is 0.234 e. The highest BCUT2D eigenvalue weighted by molar-refractivity contribution is 7.64. The molecule has 2 nitrogen and oxygen atoms in total. The monoisotopic (exact) mass is 277 g/mol. The van der Waals surface area contributed by atoms with Crippen LogP contribution in [-0.2, 0) is 0 Å². The molecule has 0 radical (unpaired) electrons. The van der Waals surface area contributed by atoms with Gasteiger partial charge >= 0.3 is 0 Å². The Bertz CT molecular complexity index is 653. The Morgan fingerprint density at radius 2 is 1.20 bits per heavy atom. The van der Waals surface area contributed by atoms with Crippen LogP contribution in [0, 0.1) is 0 Å². The summed E-state index contributed by atoms with van der Waals surface area (Å²) in [6.07, 6.45) is 1.78. The van der Waals surface area contributed by atoms with Gasteiger partial charge in [-0.15, -0.1) is 0 Å². The number of benzene rings is 2. The van der Waals surface area contributed by atoms with Crippen LogP contribution in [0.2, 0.25) is 0 Å². The molecule has 1 heterocycles. The van der Waals surface area contributed by atoms with E-state index in [4.69, 9.17) is 4.74 Å². The third kappa shape index (κ3) is 2.98. The van der Waals surface area contributed by atoms with Gasteiger partial charge < -0.3 is 0 Å². The third-order valence-electron chi connectivity index (χ3n) is 2.85. The van der Waals surface area contributed by atoms with E-state index in [2.05, 4.69) is 53.5 Å². The van der Waals surface area contributed by atoms with E-state index in [-0.39, 0.29) is 0 Å².